The van der Waals surface area contributed by atoms with Crippen molar-refractivity contribution in [3.05, 3.63) is 125 Å². The van der Waals surface area contributed by atoms with E-state index in [9.17, 15) is 18.0 Å². The normalized spacial score (nSPS) is 11.8. The second-order valence-corrected chi connectivity index (χ2v) is 12.4. The molecule has 0 aromatic heterocycles. The molecule has 8 nitrogen and oxygen atoms in total. The van der Waals surface area contributed by atoms with Crippen molar-refractivity contribution >= 4 is 27.5 Å². The minimum atomic E-state index is -4.22. The zero-order chi connectivity index (χ0) is 31.7. The standard InChI is InChI=1S/C35H39N3O5S/c1-5-43-33-17-10-9-16-31(33)38(44(41,42)30-20-18-26(2)19-21-30)25-34(39)37(24-29-15-11-12-27(3)22-29)32(35(40)36-4)23-28-13-7-6-8-14-28/h6-22,32H,5,23-25H2,1-4H3,(H,36,40)/t32-/m0/s1. The quantitative estimate of drug-likeness (QED) is 0.221. The van der Waals surface area contributed by atoms with E-state index in [1.54, 1.807) is 36.4 Å². The summed E-state index contributed by atoms with van der Waals surface area (Å²) in [5, 5.41) is 2.71. The van der Waals surface area contributed by atoms with E-state index in [0.29, 0.717) is 12.4 Å². The third kappa shape index (κ3) is 7.85. The molecule has 44 heavy (non-hydrogen) atoms. The molecule has 9 heteroatoms. The van der Waals surface area contributed by atoms with Crippen LogP contribution in [0.5, 0.6) is 5.75 Å². The first kappa shape index (κ1) is 32.3. The lowest BCUT2D eigenvalue weighted by Crippen LogP contribution is -2.53. The number of nitrogens with one attached hydrogen (secondary N) is 1. The number of likely N-dealkylation sites (N-methyl/N-ethyl adjacent to an activating group) is 1. The van der Waals surface area contributed by atoms with Gasteiger partial charge in [0.25, 0.3) is 10.0 Å². The van der Waals surface area contributed by atoms with Crippen molar-refractivity contribution in [2.24, 2.45) is 0 Å². The number of carbonyl (C=O) groups excluding carboxylic acids is 2. The Hall–Kier alpha value is -4.63. The second kappa shape index (κ2) is 14.7. The number of carbonyl (C=O) groups is 2. The first-order valence-electron chi connectivity index (χ1n) is 14.6. The highest BCUT2D eigenvalue weighted by molar-refractivity contribution is 7.92. The van der Waals surface area contributed by atoms with Crippen LogP contribution in [0.1, 0.15) is 29.2 Å². The van der Waals surface area contributed by atoms with Crippen molar-refractivity contribution in [3.63, 3.8) is 0 Å². The van der Waals surface area contributed by atoms with Gasteiger partial charge in [-0.05, 0) is 56.2 Å². The molecule has 0 saturated carbocycles. The molecule has 0 saturated heterocycles. The lowest BCUT2D eigenvalue weighted by molar-refractivity contribution is -0.139. The van der Waals surface area contributed by atoms with E-state index in [-0.39, 0.29) is 29.5 Å². The van der Waals surface area contributed by atoms with Gasteiger partial charge in [-0.1, -0.05) is 90.0 Å². The van der Waals surface area contributed by atoms with Gasteiger partial charge < -0.3 is 15.0 Å². The minimum absolute atomic E-state index is 0.0413. The summed E-state index contributed by atoms with van der Waals surface area (Å²) in [7, 11) is -2.70. The van der Waals surface area contributed by atoms with Gasteiger partial charge >= 0.3 is 0 Å². The monoisotopic (exact) mass is 613 g/mol. The molecule has 4 rings (SSSR count). The Labute approximate surface area is 260 Å². The fourth-order valence-corrected chi connectivity index (χ4v) is 6.44. The van der Waals surface area contributed by atoms with E-state index in [2.05, 4.69) is 5.32 Å². The van der Waals surface area contributed by atoms with Gasteiger partial charge in [-0.25, -0.2) is 8.42 Å². The third-order valence-corrected chi connectivity index (χ3v) is 9.05. The van der Waals surface area contributed by atoms with Crippen molar-refractivity contribution in [2.45, 2.75) is 44.7 Å². The van der Waals surface area contributed by atoms with E-state index in [4.69, 9.17) is 4.74 Å². The molecule has 1 N–H and O–H groups in total. The summed E-state index contributed by atoms with van der Waals surface area (Å²) in [6.45, 7) is 5.50. The highest BCUT2D eigenvalue weighted by Gasteiger charge is 2.35. The summed E-state index contributed by atoms with van der Waals surface area (Å²) in [6.07, 6.45) is 0.248. The zero-order valence-corrected chi connectivity index (χ0v) is 26.4. The van der Waals surface area contributed by atoms with Crippen molar-refractivity contribution in [1.82, 2.24) is 10.2 Å². The molecule has 0 spiro atoms. The maximum absolute atomic E-state index is 14.5. The molecule has 4 aromatic rings. The molecular formula is C35H39N3O5S. The third-order valence-electron chi connectivity index (χ3n) is 7.27. The number of benzene rings is 4. The summed E-state index contributed by atoms with van der Waals surface area (Å²) < 4.78 is 35.4. The summed E-state index contributed by atoms with van der Waals surface area (Å²) >= 11 is 0. The van der Waals surface area contributed by atoms with Crippen molar-refractivity contribution < 1.29 is 22.7 Å². The summed E-state index contributed by atoms with van der Waals surface area (Å²) in [5.74, 6) is -0.550. The fraction of sp³-hybridized carbons (Fsp3) is 0.257. The number of rotatable bonds is 13. The molecule has 0 radical (unpaired) electrons. The van der Waals surface area contributed by atoms with Gasteiger partial charge in [0.05, 0.1) is 17.2 Å². The predicted octanol–water partition coefficient (Wildman–Crippen LogP) is 5.28. The van der Waals surface area contributed by atoms with Gasteiger partial charge in [0.2, 0.25) is 11.8 Å². The maximum Gasteiger partial charge on any atom is 0.264 e. The van der Waals surface area contributed by atoms with Crippen LogP contribution in [0.3, 0.4) is 0 Å². The Morgan fingerprint density at radius 3 is 2.14 bits per heavy atom. The van der Waals surface area contributed by atoms with Gasteiger partial charge in [-0.2, -0.15) is 0 Å². The van der Waals surface area contributed by atoms with E-state index < -0.39 is 28.5 Å². The molecule has 0 aliphatic heterocycles. The highest BCUT2D eigenvalue weighted by atomic mass is 32.2. The molecule has 0 bridgehead atoms. The minimum Gasteiger partial charge on any atom is -0.492 e. The molecule has 0 unspecified atom stereocenters. The van der Waals surface area contributed by atoms with Gasteiger partial charge in [-0.15, -0.1) is 0 Å². The predicted molar refractivity (Wildman–Crippen MR) is 173 cm³/mol. The van der Waals surface area contributed by atoms with Crippen molar-refractivity contribution in [1.29, 1.82) is 0 Å². The van der Waals surface area contributed by atoms with Crippen LogP contribution >= 0.6 is 0 Å². The number of nitrogens with zero attached hydrogens (tertiary/aromatic N) is 2. The largest absolute Gasteiger partial charge is 0.492 e. The van der Waals surface area contributed by atoms with Crippen LogP contribution in [0.4, 0.5) is 5.69 Å². The zero-order valence-electron chi connectivity index (χ0n) is 25.6. The number of sulfonamides is 1. The first-order valence-corrected chi connectivity index (χ1v) is 16.0. The van der Waals surface area contributed by atoms with E-state index in [1.807, 2.05) is 75.4 Å². The summed E-state index contributed by atoms with van der Waals surface area (Å²) in [4.78, 5) is 29.4. The maximum atomic E-state index is 14.5. The Balaban J connectivity index is 1.82. The van der Waals surface area contributed by atoms with Crippen LogP contribution in [-0.2, 0) is 32.6 Å². The Kier molecular flexibility index (Phi) is 10.8. The molecule has 0 aliphatic rings. The van der Waals surface area contributed by atoms with Crippen LogP contribution < -0.4 is 14.4 Å². The van der Waals surface area contributed by atoms with Gasteiger partial charge in [-0.3, -0.25) is 13.9 Å². The van der Waals surface area contributed by atoms with Crippen molar-refractivity contribution in [3.8, 4) is 5.75 Å². The smallest absolute Gasteiger partial charge is 0.264 e. The van der Waals surface area contributed by atoms with Gasteiger partial charge in [0, 0.05) is 20.0 Å². The summed E-state index contributed by atoms with van der Waals surface area (Å²) in [6, 6.07) is 29.5. The van der Waals surface area contributed by atoms with Crippen LogP contribution in [0, 0.1) is 13.8 Å². The van der Waals surface area contributed by atoms with Crippen LogP contribution in [0.15, 0.2) is 108 Å². The lowest BCUT2D eigenvalue weighted by atomic mass is 10.0. The van der Waals surface area contributed by atoms with Crippen LogP contribution in [0.2, 0.25) is 0 Å². The molecule has 4 aromatic carbocycles. The first-order chi connectivity index (χ1) is 21.1. The van der Waals surface area contributed by atoms with Crippen LogP contribution in [0.25, 0.3) is 0 Å². The number of amides is 2. The molecule has 0 fully saturated rings. The van der Waals surface area contributed by atoms with E-state index in [1.165, 1.54) is 24.1 Å². The number of hydrogen-bond acceptors (Lipinski definition) is 5. The molecular weight excluding hydrogens is 574 g/mol. The van der Waals surface area contributed by atoms with Crippen molar-refractivity contribution in [2.75, 3.05) is 24.5 Å². The summed E-state index contributed by atoms with van der Waals surface area (Å²) in [5.41, 5.74) is 3.83. The average Bonchev–Trinajstić information content (AvgIpc) is 3.02. The topological polar surface area (TPSA) is 96.0 Å². The van der Waals surface area contributed by atoms with Gasteiger partial charge in [0.1, 0.15) is 18.3 Å². The Bertz CT molecular complexity index is 1670. The number of anilines is 1. The van der Waals surface area contributed by atoms with E-state index >= 15 is 0 Å². The Morgan fingerprint density at radius 2 is 1.48 bits per heavy atom. The molecule has 230 valence electrons. The van der Waals surface area contributed by atoms with Gasteiger partial charge in [0.15, 0.2) is 0 Å². The SMILES string of the molecule is CCOc1ccccc1N(CC(=O)N(Cc1cccc(C)c1)[C@@H](Cc1ccccc1)C(=O)NC)S(=O)(=O)c1ccc(C)cc1. The fourth-order valence-electron chi connectivity index (χ4n) is 5.02. The Morgan fingerprint density at radius 1 is 0.818 bits per heavy atom. The molecule has 2 amide bonds. The number of ether oxygens (including phenoxy) is 1. The van der Waals surface area contributed by atoms with Crippen LogP contribution in [-0.4, -0.2) is 51.4 Å². The lowest BCUT2D eigenvalue weighted by Gasteiger charge is -2.34. The molecule has 0 aliphatic carbocycles. The van der Waals surface area contributed by atoms with E-state index in [0.717, 1.165) is 26.6 Å². The molecule has 1 atom stereocenters. The average molecular weight is 614 g/mol. The molecule has 0 heterocycles. The highest BCUT2D eigenvalue weighted by Crippen LogP contribution is 2.33. The second-order valence-electron chi connectivity index (χ2n) is 10.6. The number of aryl methyl sites for hydroxylation is 2. The number of hydrogen-bond donors (Lipinski definition) is 1. The number of para-hydroxylation sites is 2.